The van der Waals surface area contributed by atoms with Gasteiger partial charge in [0.15, 0.2) is 5.82 Å². The predicted octanol–water partition coefficient (Wildman–Crippen LogP) is 1.12. The van der Waals surface area contributed by atoms with Crippen molar-refractivity contribution in [1.82, 2.24) is 10.2 Å². The maximum atomic E-state index is 8.81. The van der Waals surface area contributed by atoms with E-state index in [9.17, 15) is 0 Å². The van der Waals surface area contributed by atoms with Crippen LogP contribution in [0.4, 0.5) is 5.82 Å². The molecule has 1 aromatic heterocycles. The number of nitrogens with zero attached hydrogens (tertiary/aromatic N) is 2. The predicted molar refractivity (Wildman–Crippen MR) is 59.1 cm³/mol. The Morgan fingerprint density at radius 1 is 1.40 bits per heavy atom. The molecule has 15 heavy (non-hydrogen) atoms. The zero-order valence-electron chi connectivity index (χ0n) is 8.34. The molecule has 0 aliphatic heterocycles. The van der Waals surface area contributed by atoms with Crippen molar-refractivity contribution in [2.45, 2.75) is 6.92 Å². The van der Waals surface area contributed by atoms with Gasteiger partial charge in [-0.1, -0.05) is 24.3 Å². The number of hydrogen-bond acceptors (Lipinski definition) is 5. The third-order valence-corrected chi connectivity index (χ3v) is 1.71. The Kier molecular flexibility index (Phi) is 4.18. The van der Waals surface area contributed by atoms with Crippen LogP contribution in [-0.2, 0) is 4.79 Å². The number of benzene rings is 1. The molecule has 0 amide bonds. The molecule has 0 saturated carbocycles. The maximum absolute atomic E-state index is 8.81. The second-order valence-electron chi connectivity index (χ2n) is 2.66. The lowest BCUT2D eigenvalue weighted by Gasteiger charge is -2.01. The average Bonchev–Trinajstić information content (AvgIpc) is 2.29. The molecule has 1 aromatic carbocycles. The highest BCUT2D eigenvalue weighted by molar-refractivity contribution is 5.90. The van der Waals surface area contributed by atoms with Crippen LogP contribution in [0.3, 0.4) is 0 Å². The lowest BCUT2D eigenvalue weighted by Crippen LogP contribution is -2.09. The van der Waals surface area contributed by atoms with Crippen molar-refractivity contribution in [3.63, 3.8) is 0 Å². The number of nitrogens with two attached hydrogens (primary N) is 1. The third kappa shape index (κ3) is 2.72. The van der Waals surface area contributed by atoms with Gasteiger partial charge < -0.3 is 10.2 Å². The van der Waals surface area contributed by atoms with Crippen molar-refractivity contribution >= 4 is 22.9 Å². The lowest BCUT2D eigenvalue weighted by molar-refractivity contribution is -0.106. The molecular formula is C10H12N4O. The number of nitrogens with one attached hydrogen (secondary N) is 1. The van der Waals surface area contributed by atoms with Crippen LogP contribution in [0.2, 0.25) is 0 Å². The summed E-state index contributed by atoms with van der Waals surface area (Å²) in [4.78, 5) is 8.81. The molecule has 1 heterocycles. The van der Waals surface area contributed by atoms with Gasteiger partial charge in [-0.25, -0.2) is 5.84 Å². The molecule has 0 radical (unpaired) electrons. The van der Waals surface area contributed by atoms with Crippen LogP contribution < -0.4 is 11.3 Å². The lowest BCUT2D eigenvalue weighted by atomic mass is 10.2. The normalized spacial score (nSPS) is 8.93. The Hall–Kier alpha value is -2.01. The number of carbonyl (C=O) groups is 1. The van der Waals surface area contributed by atoms with Crippen molar-refractivity contribution in [1.29, 1.82) is 0 Å². The average molecular weight is 204 g/mol. The number of rotatable bonds is 1. The van der Waals surface area contributed by atoms with Crippen LogP contribution in [0.5, 0.6) is 0 Å². The Balaban J connectivity index is 0.000000337. The van der Waals surface area contributed by atoms with Gasteiger partial charge in [-0.2, -0.15) is 5.10 Å². The smallest absolute Gasteiger partial charge is 0.170 e. The first-order chi connectivity index (χ1) is 7.33. The van der Waals surface area contributed by atoms with Gasteiger partial charge in [-0.05, 0) is 6.92 Å². The Morgan fingerprint density at radius 2 is 2.07 bits per heavy atom. The summed E-state index contributed by atoms with van der Waals surface area (Å²) in [5, 5.41) is 9.64. The van der Waals surface area contributed by atoms with Gasteiger partial charge in [-0.3, -0.25) is 0 Å². The van der Waals surface area contributed by atoms with Crippen molar-refractivity contribution in [2.24, 2.45) is 5.84 Å². The second kappa shape index (κ2) is 5.66. The first-order valence-electron chi connectivity index (χ1n) is 4.40. The van der Waals surface area contributed by atoms with E-state index in [1.807, 2.05) is 24.3 Å². The standard InChI is InChI=1S/C8H8N4.C2H4O/c9-11-8-7-4-2-1-3-6(7)5-10-12-8;1-2-3/h1-5H,9H2,(H,11,12);2H,1H3. The Morgan fingerprint density at radius 3 is 2.73 bits per heavy atom. The number of aromatic nitrogens is 2. The minimum atomic E-state index is 0.605. The molecule has 0 atom stereocenters. The molecule has 0 saturated heterocycles. The van der Waals surface area contributed by atoms with E-state index in [0.717, 1.165) is 17.1 Å². The zero-order valence-corrected chi connectivity index (χ0v) is 8.34. The van der Waals surface area contributed by atoms with Crippen LogP contribution in [0.1, 0.15) is 6.92 Å². The summed E-state index contributed by atoms with van der Waals surface area (Å²) in [5.74, 6) is 5.87. The van der Waals surface area contributed by atoms with Crippen LogP contribution in [0, 0.1) is 0 Å². The Bertz CT molecular complexity index is 439. The summed E-state index contributed by atoms with van der Waals surface area (Å²) in [7, 11) is 0. The molecule has 0 bridgehead atoms. The number of carbonyl (C=O) groups excluding carboxylic acids is 1. The maximum Gasteiger partial charge on any atom is 0.170 e. The van der Waals surface area contributed by atoms with E-state index < -0.39 is 0 Å². The molecule has 0 spiro atoms. The summed E-state index contributed by atoms with van der Waals surface area (Å²) >= 11 is 0. The topological polar surface area (TPSA) is 80.9 Å². The molecule has 2 aromatic rings. The minimum Gasteiger partial charge on any atom is -0.306 e. The molecule has 0 aliphatic carbocycles. The summed E-state index contributed by atoms with van der Waals surface area (Å²) in [6.45, 7) is 1.44. The molecule has 0 fully saturated rings. The van der Waals surface area contributed by atoms with E-state index in [1.165, 1.54) is 6.92 Å². The highest BCUT2D eigenvalue weighted by atomic mass is 16.1. The number of fused-ring (bicyclic) bond motifs is 1. The van der Waals surface area contributed by atoms with Crippen LogP contribution >= 0.6 is 0 Å². The van der Waals surface area contributed by atoms with Crippen LogP contribution in [-0.4, -0.2) is 16.5 Å². The van der Waals surface area contributed by atoms with Gasteiger partial charge in [0.05, 0.1) is 6.20 Å². The van der Waals surface area contributed by atoms with Gasteiger partial charge in [-0.15, -0.1) is 5.10 Å². The molecule has 78 valence electrons. The summed E-state index contributed by atoms with van der Waals surface area (Å²) in [6, 6.07) is 7.79. The SMILES string of the molecule is CC=O.NNc1nncc2ccccc12. The number of aldehydes is 1. The fraction of sp³-hybridized carbons (Fsp3) is 0.100. The van der Waals surface area contributed by atoms with Gasteiger partial charge in [0, 0.05) is 10.8 Å². The molecule has 5 nitrogen and oxygen atoms in total. The number of anilines is 1. The van der Waals surface area contributed by atoms with Crippen molar-refractivity contribution in [2.75, 3.05) is 5.43 Å². The van der Waals surface area contributed by atoms with Gasteiger partial charge in [0.1, 0.15) is 6.29 Å². The van der Waals surface area contributed by atoms with Crippen molar-refractivity contribution < 1.29 is 4.79 Å². The first-order valence-corrected chi connectivity index (χ1v) is 4.40. The van der Waals surface area contributed by atoms with E-state index in [-0.39, 0.29) is 0 Å². The van der Waals surface area contributed by atoms with Gasteiger partial charge in [0.25, 0.3) is 0 Å². The van der Waals surface area contributed by atoms with E-state index in [4.69, 9.17) is 10.6 Å². The first kappa shape index (κ1) is 11.1. The molecule has 0 aliphatic rings. The monoisotopic (exact) mass is 204 g/mol. The van der Waals surface area contributed by atoms with E-state index in [2.05, 4.69) is 15.6 Å². The zero-order chi connectivity index (χ0) is 11.1. The Labute approximate surface area is 87.3 Å². The van der Waals surface area contributed by atoms with Crippen molar-refractivity contribution in [3.05, 3.63) is 30.5 Å². The van der Waals surface area contributed by atoms with Gasteiger partial charge >= 0.3 is 0 Å². The molecule has 5 heteroatoms. The summed E-state index contributed by atoms with van der Waals surface area (Å²) in [5.41, 5.74) is 2.50. The van der Waals surface area contributed by atoms with Crippen LogP contribution in [0.25, 0.3) is 10.8 Å². The fourth-order valence-corrected chi connectivity index (χ4v) is 1.13. The number of nitrogen functional groups attached to an aromatic ring is 1. The highest BCUT2D eigenvalue weighted by Gasteiger charge is 1.98. The van der Waals surface area contributed by atoms with E-state index >= 15 is 0 Å². The fourth-order valence-electron chi connectivity index (χ4n) is 1.13. The highest BCUT2D eigenvalue weighted by Crippen LogP contribution is 2.17. The second-order valence-corrected chi connectivity index (χ2v) is 2.66. The summed E-state index contributed by atoms with van der Waals surface area (Å²) in [6.07, 6.45) is 2.45. The molecular weight excluding hydrogens is 192 g/mol. The largest absolute Gasteiger partial charge is 0.306 e. The molecule has 0 unspecified atom stereocenters. The van der Waals surface area contributed by atoms with Crippen molar-refractivity contribution in [3.8, 4) is 0 Å². The third-order valence-electron chi connectivity index (χ3n) is 1.71. The summed E-state index contributed by atoms with van der Waals surface area (Å²) < 4.78 is 0. The van der Waals surface area contributed by atoms with Crippen LogP contribution in [0.15, 0.2) is 30.5 Å². The van der Waals surface area contributed by atoms with E-state index in [1.54, 1.807) is 6.20 Å². The van der Waals surface area contributed by atoms with Gasteiger partial charge in [0.2, 0.25) is 0 Å². The quantitative estimate of drug-likeness (QED) is 0.413. The molecule has 3 N–H and O–H groups in total. The number of hydrogen-bond donors (Lipinski definition) is 2. The number of hydrazine groups is 1. The molecule has 2 rings (SSSR count). The minimum absolute atomic E-state index is 0.605. The van der Waals surface area contributed by atoms with E-state index in [0.29, 0.717) is 5.82 Å².